The summed E-state index contributed by atoms with van der Waals surface area (Å²) in [7, 11) is 1.30. The van der Waals surface area contributed by atoms with E-state index in [9.17, 15) is 9.59 Å². The predicted octanol–water partition coefficient (Wildman–Crippen LogP) is 2.19. The Labute approximate surface area is 109 Å². The van der Waals surface area contributed by atoms with E-state index in [2.05, 4.69) is 10.1 Å². The van der Waals surface area contributed by atoms with Crippen LogP contribution in [0.5, 0.6) is 0 Å². The van der Waals surface area contributed by atoms with Crippen LogP contribution in [0.1, 0.15) is 17.3 Å². The number of benzene rings is 1. The number of fused-ring (bicyclic) bond motifs is 1. The van der Waals surface area contributed by atoms with E-state index in [1.54, 1.807) is 12.3 Å². The largest absolute Gasteiger partial charge is 0.467 e. The molecule has 0 bridgehead atoms. The average Bonchev–Trinajstić information content (AvgIpc) is 2.81. The van der Waals surface area contributed by atoms with E-state index < -0.39 is 12.0 Å². The maximum absolute atomic E-state index is 12.0. The number of ether oxygens (including phenoxy) is 1. The Kier molecular flexibility index (Phi) is 3.62. The van der Waals surface area contributed by atoms with Gasteiger partial charge in [-0.15, -0.1) is 11.3 Å². The summed E-state index contributed by atoms with van der Waals surface area (Å²) in [5.74, 6) is -0.715. The number of esters is 1. The molecule has 0 saturated carbocycles. The second kappa shape index (κ2) is 5.18. The summed E-state index contributed by atoms with van der Waals surface area (Å²) >= 11 is 1.51. The van der Waals surface area contributed by atoms with Gasteiger partial charge in [-0.2, -0.15) is 0 Å². The SMILES string of the molecule is COC(=O)C(C)NC(=O)c1csc2ccccc12. The molecule has 0 saturated heterocycles. The molecule has 1 amide bonds. The predicted molar refractivity (Wildman–Crippen MR) is 70.8 cm³/mol. The van der Waals surface area contributed by atoms with Crippen LogP contribution in [0.15, 0.2) is 29.6 Å². The third kappa shape index (κ3) is 2.36. The second-order valence-electron chi connectivity index (χ2n) is 3.86. The van der Waals surface area contributed by atoms with Gasteiger partial charge in [0.25, 0.3) is 5.91 Å². The van der Waals surface area contributed by atoms with Crippen molar-refractivity contribution < 1.29 is 14.3 Å². The molecule has 1 N–H and O–H groups in total. The fraction of sp³-hybridized carbons (Fsp3) is 0.231. The molecule has 1 aromatic carbocycles. The normalized spacial score (nSPS) is 12.1. The molecular weight excluding hydrogens is 250 g/mol. The highest BCUT2D eigenvalue weighted by atomic mass is 32.1. The van der Waals surface area contributed by atoms with E-state index in [1.807, 2.05) is 24.3 Å². The molecule has 0 fully saturated rings. The number of nitrogens with one attached hydrogen (secondary N) is 1. The monoisotopic (exact) mass is 263 g/mol. The van der Waals surface area contributed by atoms with Crippen LogP contribution in [0.2, 0.25) is 0 Å². The molecule has 2 rings (SSSR count). The van der Waals surface area contributed by atoms with Gasteiger partial charge in [-0.05, 0) is 13.0 Å². The Balaban J connectivity index is 2.21. The van der Waals surface area contributed by atoms with E-state index in [0.29, 0.717) is 5.56 Å². The first-order chi connectivity index (χ1) is 8.63. The Morgan fingerprint density at radius 1 is 1.33 bits per heavy atom. The maximum Gasteiger partial charge on any atom is 0.328 e. The first kappa shape index (κ1) is 12.6. The third-order valence-corrected chi connectivity index (χ3v) is 3.59. The Morgan fingerprint density at radius 2 is 2.06 bits per heavy atom. The summed E-state index contributed by atoms with van der Waals surface area (Å²) in [6, 6.07) is 7.01. The smallest absolute Gasteiger partial charge is 0.328 e. The topological polar surface area (TPSA) is 55.4 Å². The number of hydrogen-bond donors (Lipinski definition) is 1. The molecule has 2 aromatic rings. The standard InChI is InChI=1S/C13H13NO3S/c1-8(13(16)17-2)14-12(15)10-7-18-11-6-4-3-5-9(10)11/h3-8H,1-2H3,(H,14,15). The van der Waals surface area contributed by atoms with Crippen molar-refractivity contribution in [3.8, 4) is 0 Å². The lowest BCUT2D eigenvalue weighted by atomic mass is 10.1. The van der Waals surface area contributed by atoms with Crippen molar-refractivity contribution in [3.05, 3.63) is 35.2 Å². The zero-order valence-electron chi connectivity index (χ0n) is 10.1. The van der Waals surface area contributed by atoms with Gasteiger partial charge in [-0.25, -0.2) is 4.79 Å². The van der Waals surface area contributed by atoms with E-state index in [1.165, 1.54) is 18.4 Å². The molecule has 0 spiro atoms. The summed E-state index contributed by atoms with van der Waals surface area (Å²) in [4.78, 5) is 23.3. The second-order valence-corrected chi connectivity index (χ2v) is 4.78. The van der Waals surface area contributed by atoms with Crippen LogP contribution in [0.25, 0.3) is 10.1 Å². The zero-order chi connectivity index (χ0) is 13.1. The molecule has 1 atom stereocenters. The molecule has 1 aromatic heterocycles. The highest BCUT2D eigenvalue weighted by molar-refractivity contribution is 7.17. The molecule has 0 aliphatic carbocycles. The van der Waals surface area contributed by atoms with Gasteiger partial charge < -0.3 is 10.1 Å². The van der Waals surface area contributed by atoms with Gasteiger partial charge in [0.1, 0.15) is 6.04 Å². The van der Waals surface area contributed by atoms with Gasteiger partial charge >= 0.3 is 5.97 Å². The first-order valence-corrected chi connectivity index (χ1v) is 6.36. The van der Waals surface area contributed by atoms with Crippen molar-refractivity contribution in [2.45, 2.75) is 13.0 Å². The van der Waals surface area contributed by atoms with E-state index >= 15 is 0 Å². The molecule has 1 unspecified atom stereocenters. The van der Waals surface area contributed by atoms with Crippen LogP contribution in [-0.4, -0.2) is 25.0 Å². The average molecular weight is 263 g/mol. The number of carbonyl (C=O) groups excluding carboxylic acids is 2. The summed E-state index contributed by atoms with van der Waals surface area (Å²) < 4.78 is 5.62. The van der Waals surface area contributed by atoms with Crippen molar-refractivity contribution in [3.63, 3.8) is 0 Å². The number of hydrogen-bond acceptors (Lipinski definition) is 4. The lowest BCUT2D eigenvalue weighted by Crippen LogP contribution is -2.39. The van der Waals surface area contributed by atoms with Crippen molar-refractivity contribution in [1.29, 1.82) is 0 Å². The van der Waals surface area contributed by atoms with E-state index in [0.717, 1.165) is 10.1 Å². The molecule has 0 aliphatic heterocycles. The number of thiophene rings is 1. The van der Waals surface area contributed by atoms with Crippen molar-refractivity contribution in [2.75, 3.05) is 7.11 Å². The van der Waals surface area contributed by atoms with Crippen molar-refractivity contribution >= 4 is 33.3 Å². The Bertz CT molecular complexity index is 591. The highest BCUT2D eigenvalue weighted by Crippen LogP contribution is 2.25. The summed E-state index contributed by atoms with van der Waals surface area (Å²) in [6.45, 7) is 1.60. The maximum atomic E-state index is 12.0. The molecular formula is C13H13NO3S. The van der Waals surface area contributed by atoms with E-state index in [4.69, 9.17) is 0 Å². The Hall–Kier alpha value is -1.88. The number of methoxy groups -OCH3 is 1. The zero-order valence-corrected chi connectivity index (χ0v) is 10.9. The highest BCUT2D eigenvalue weighted by Gasteiger charge is 2.18. The van der Waals surface area contributed by atoms with Crippen molar-refractivity contribution in [1.82, 2.24) is 5.32 Å². The van der Waals surface area contributed by atoms with E-state index in [-0.39, 0.29) is 5.91 Å². The van der Waals surface area contributed by atoms with Crippen LogP contribution >= 0.6 is 11.3 Å². The van der Waals surface area contributed by atoms with Crippen molar-refractivity contribution in [2.24, 2.45) is 0 Å². The van der Waals surface area contributed by atoms with Gasteiger partial charge in [0.05, 0.1) is 12.7 Å². The first-order valence-electron chi connectivity index (χ1n) is 5.48. The number of carbonyl (C=O) groups is 2. The molecule has 0 radical (unpaired) electrons. The quantitative estimate of drug-likeness (QED) is 0.864. The number of rotatable bonds is 3. The minimum atomic E-state index is -0.652. The summed E-state index contributed by atoms with van der Waals surface area (Å²) in [6.07, 6.45) is 0. The molecule has 18 heavy (non-hydrogen) atoms. The van der Waals surface area contributed by atoms with Gasteiger partial charge in [0, 0.05) is 15.5 Å². The molecule has 5 heteroatoms. The van der Waals surface area contributed by atoms with Gasteiger partial charge in [0.2, 0.25) is 0 Å². The molecule has 1 heterocycles. The molecule has 4 nitrogen and oxygen atoms in total. The fourth-order valence-corrected chi connectivity index (χ4v) is 2.60. The Morgan fingerprint density at radius 3 is 2.78 bits per heavy atom. The van der Waals surface area contributed by atoms with Crippen LogP contribution < -0.4 is 5.32 Å². The van der Waals surface area contributed by atoms with Crippen LogP contribution in [0.3, 0.4) is 0 Å². The minimum absolute atomic E-state index is 0.259. The summed E-state index contributed by atoms with van der Waals surface area (Å²) in [5.41, 5.74) is 0.589. The van der Waals surface area contributed by atoms with Crippen LogP contribution in [-0.2, 0) is 9.53 Å². The summed E-state index contributed by atoms with van der Waals surface area (Å²) in [5, 5.41) is 5.31. The van der Waals surface area contributed by atoms with Gasteiger partial charge in [-0.1, -0.05) is 18.2 Å². The third-order valence-electron chi connectivity index (χ3n) is 2.63. The molecule has 0 aliphatic rings. The van der Waals surface area contributed by atoms with Crippen LogP contribution in [0.4, 0.5) is 0 Å². The lowest BCUT2D eigenvalue weighted by Gasteiger charge is -2.10. The van der Waals surface area contributed by atoms with Gasteiger partial charge in [0.15, 0.2) is 0 Å². The lowest BCUT2D eigenvalue weighted by molar-refractivity contribution is -0.142. The van der Waals surface area contributed by atoms with Crippen LogP contribution in [0, 0.1) is 0 Å². The number of amides is 1. The minimum Gasteiger partial charge on any atom is -0.467 e. The molecule has 94 valence electrons. The fourth-order valence-electron chi connectivity index (χ4n) is 1.66. The van der Waals surface area contributed by atoms with Gasteiger partial charge in [-0.3, -0.25) is 4.79 Å².